The van der Waals surface area contributed by atoms with E-state index in [-0.39, 0.29) is 15.9 Å². The molecule has 1 aromatic heterocycles. The van der Waals surface area contributed by atoms with E-state index in [0.29, 0.717) is 12.8 Å². The number of halogens is 2. The van der Waals surface area contributed by atoms with E-state index in [1.54, 1.807) is 0 Å². The lowest BCUT2D eigenvalue weighted by molar-refractivity contribution is 0.0920. The van der Waals surface area contributed by atoms with Crippen molar-refractivity contribution in [1.82, 2.24) is 15.5 Å². The Hall–Kier alpha value is -1.38. The first kappa shape index (κ1) is 13.1. The fourth-order valence-corrected chi connectivity index (χ4v) is 2.37. The normalized spacial score (nSPS) is 17.2. The lowest BCUT2D eigenvalue weighted by atomic mass is 9.99. The van der Waals surface area contributed by atoms with Crippen LogP contribution in [0.4, 0.5) is 0 Å². The number of amides is 1. The van der Waals surface area contributed by atoms with Crippen LogP contribution in [0.2, 0.25) is 10.3 Å². The molecule has 0 saturated heterocycles. The van der Waals surface area contributed by atoms with Crippen molar-refractivity contribution in [2.45, 2.75) is 31.2 Å². The van der Waals surface area contributed by atoms with Crippen LogP contribution in [-0.4, -0.2) is 21.6 Å². The summed E-state index contributed by atoms with van der Waals surface area (Å²) in [5.41, 5.74) is -0.658. The molecule has 1 aromatic rings. The van der Waals surface area contributed by atoms with Gasteiger partial charge in [0.05, 0.1) is 11.6 Å². The van der Waals surface area contributed by atoms with Crippen LogP contribution < -0.4 is 5.32 Å². The Morgan fingerprint density at radius 2 is 2.06 bits per heavy atom. The Balaban J connectivity index is 2.22. The third kappa shape index (κ3) is 2.55. The molecule has 5 nitrogen and oxygen atoms in total. The third-order valence-electron chi connectivity index (χ3n) is 2.99. The highest BCUT2D eigenvalue weighted by Crippen LogP contribution is 2.29. The third-order valence-corrected chi connectivity index (χ3v) is 3.45. The fraction of sp³-hybridized carbons (Fsp3) is 0.455. The number of nitrogens with zero attached hydrogens (tertiary/aromatic N) is 3. The number of carbonyl (C=O) groups excluding carboxylic acids is 1. The van der Waals surface area contributed by atoms with Gasteiger partial charge in [-0.1, -0.05) is 23.2 Å². The molecular formula is C11H10Cl2N4O. The molecule has 1 aliphatic carbocycles. The molecule has 0 radical (unpaired) electrons. The number of hydrogen-bond acceptors (Lipinski definition) is 4. The summed E-state index contributed by atoms with van der Waals surface area (Å²) in [4.78, 5) is 12.1. The molecule has 2 rings (SSSR count). The van der Waals surface area contributed by atoms with E-state index in [2.05, 4.69) is 21.6 Å². The summed E-state index contributed by atoms with van der Waals surface area (Å²) in [6.45, 7) is 0. The molecule has 7 heteroatoms. The zero-order valence-electron chi connectivity index (χ0n) is 9.41. The van der Waals surface area contributed by atoms with Crippen molar-refractivity contribution in [2.75, 3.05) is 0 Å². The van der Waals surface area contributed by atoms with E-state index in [9.17, 15) is 10.1 Å². The lowest BCUT2D eigenvalue weighted by Crippen LogP contribution is -2.45. The smallest absolute Gasteiger partial charge is 0.255 e. The summed E-state index contributed by atoms with van der Waals surface area (Å²) in [6.07, 6.45) is 3.16. The molecule has 0 aromatic carbocycles. The van der Waals surface area contributed by atoms with Crippen LogP contribution in [0.3, 0.4) is 0 Å². The van der Waals surface area contributed by atoms with Crippen molar-refractivity contribution < 1.29 is 4.79 Å². The van der Waals surface area contributed by atoms with Gasteiger partial charge in [-0.3, -0.25) is 4.79 Å². The molecule has 0 unspecified atom stereocenters. The molecule has 1 heterocycles. The van der Waals surface area contributed by atoms with Crippen molar-refractivity contribution in [1.29, 1.82) is 5.26 Å². The zero-order valence-corrected chi connectivity index (χ0v) is 10.9. The Kier molecular flexibility index (Phi) is 3.69. The minimum absolute atomic E-state index is 0.0250. The number of carbonyl (C=O) groups is 1. The first-order chi connectivity index (χ1) is 8.56. The minimum atomic E-state index is -0.795. The van der Waals surface area contributed by atoms with Crippen LogP contribution in [0.5, 0.6) is 0 Å². The number of aromatic nitrogens is 2. The molecule has 1 fully saturated rings. The van der Waals surface area contributed by atoms with E-state index in [4.69, 9.17) is 23.2 Å². The maximum Gasteiger partial charge on any atom is 0.255 e. The average Bonchev–Trinajstić information content (AvgIpc) is 2.81. The van der Waals surface area contributed by atoms with E-state index < -0.39 is 11.4 Å². The van der Waals surface area contributed by atoms with Gasteiger partial charge in [-0.25, -0.2) is 0 Å². The number of rotatable bonds is 2. The van der Waals surface area contributed by atoms with Gasteiger partial charge in [0, 0.05) is 0 Å². The minimum Gasteiger partial charge on any atom is -0.334 e. The largest absolute Gasteiger partial charge is 0.334 e. The molecule has 1 amide bonds. The van der Waals surface area contributed by atoms with Gasteiger partial charge in [-0.05, 0) is 31.7 Å². The molecule has 94 valence electrons. The highest BCUT2D eigenvalue weighted by molar-refractivity contribution is 6.34. The monoisotopic (exact) mass is 284 g/mol. The van der Waals surface area contributed by atoms with Gasteiger partial charge >= 0.3 is 0 Å². The van der Waals surface area contributed by atoms with Gasteiger partial charge in [0.15, 0.2) is 10.3 Å². The standard InChI is InChI=1S/C11H10Cl2N4O/c12-8-5-7(9(13)17-16-8)10(18)15-11(6-14)3-1-2-4-11/h5H,1-4H2,(H,15,18). The Morgan fingerprint density at radius 3 is 2.67 bits per heavy atom. The van der Waals surface area contributed by atoms with Gasteiger partial charge < -0.3 is 5.32 Å². The van der Waals surface area contributed by atoms with Gasteiger partial charge in [0.1, 0.15) is 5.54 Å². The van der Waals surface area contributed by atoms with Gasteiger partial charge in [-0.15, -0.1) is 10.2 Å². The molecule has 0 atom stereocenters. The molecule has 18 heavy (non-hydrogen) atoms. The number of nitrogens with one attached hydrogen (secondary N) is 1. The second-order valence-electron chi connectivity index (χ2n) is 4.23. The summed E-state index contributed by atoms with van der Waals surface area (Å²) in [5, 5.41) is 19.1. The maximum absolute atomic E-state index is 12.1. The van der Waals surface area contributed by atoms with E-state index in [1.807, 2.05) is 0 Å². The van der Waals surface area contributed by atoms with Crippen molar-refractivity contribution in [3.8, 4) is 6.07 Å². The van der Waals surface area contributed by atoms with Crippen LogP contribution in [0.25, 0.3) is 0 Å². The molecule has 1 saturated carbocycles. The number of hydrogen-bond donors (Lipinski definition) is 1. The quantitative estimate of drug-likeness (QED) is 0.904. The second-order valence-corrected chi connectivity index (χ2v) is 4.97. The van der Waals surface area contributed by atoms with Crippen LogP contribution >= 0.6 is 23.2 Å². The van der Waals surface area contributed by atoms with Crippen LogP contribution in [0.15, 0.2) is 6.07 Å². The Bertz CT molecular complexity index is 520. The van der Waals surface area contributed by atoms with Crippen molar-refractivity contribution in [2.24, 2.45) is 0 Å². The molecule has 0 aliphatic heterocycles. The van der Waals surface area contributed by atoms with E-state index >= 15 is 0 Å². The predicted molar refractivity (Wildman–Crippen MR) is 66.3 cm³/mol. The highest BCUT2D eigenvalue weighted by atomic mass is 35.5. The first-order valence-electron chi connectivity index (χ1n) is 5.49. The second kappa shape index (κ2) is 5.09. The average molecular weight is 285 g/mol. The SMILES string of the molecule is N#CC1(NC(=O)c2cc(Cl)nnc2Cl)CCCC1. The summed E-state index contributed by atoms with van der Waals surface area (Å²) >= 11 is 11.5. The predicted octanol–water partition coefficient (Wildman–Crippen LogP) is 2.35. The Morgan fingerprint density at radius 1 is 1.39 bits per heavy atom. The van der Waals surface area contributed by atoms with Gasteiger partial charge in [-0.2, -0.15) is 5.26 Å². The van der Waals surface area contributed by atoms with Crippen molar-refractivity contribution in [3.63, 3.8) is 0 Å². The molecular weight excluding hydrogens is 275 g/mol. The lowest BCUT2D eigenvalue weighted by Gasteiger charge is -2.22. The maximum atomic E-state index is 12.1. The van der Waals surface area contributed by atoms with Crippen LogP contribution in [0, 0.1) is 11.3 Å². The summed E-state index contributed by atoms with van der Waals surface area (Å²) in [7, 11) is 0. The zero-order chi connectivity index (χ0) is 13.2. The topological polar surface area (TPSA) is 78.7 Å². The molecule has 1 aliphatic rings. The fourth-order valence-electron chi connectivity index (χ4n) is 2.04. The van der Waals surface area contributed by atoms with Crippen LogP contribution in [-0.2, 0) is 0 Å². The number of nitriles is 1. The van der Waals surface area contributed by atoms with Crippen LogP contribution in [0.1, 0.15) is 36.0 Å². The van der Waals surface area contributed by atoms with E-state index in [0.717, 1.165) is 12.8 Å². The highest BCUT2D eigenvalue weighted by Gasteiger charge is 2.36. The van der Waals surface area contributed by atoms with Crippen molar-refractivity contribution in [3.05, 3.63) is 21.9 Å². The summed E-state index contributed by atoms with van der Waals surface area (Å²) in [6, 6.07) is 3.51. The first-order valence-corrected chi connectivity index (χ1v) is 6.24. The van der Waals surface area contributed by atoms with E-state index in [1.165, 1.54) is 6.07 Å². The van der Waals surface area contributed by atoms with Crippen molar-refractivity contribution >= 4 is 29.1 Å². The summed E-state index contributed by atoms with van der Waals surface area (Å²) < 4.78 is 0. The van der Waals surface area contributed by atoms with Gasteiger partial charge in [0.2, 0.25) is 0 Å². The molecule has 0 spiro atoms. The molecule has 1 N–H and O–H groups in total. The molecule has 0 bridgehead atoms. The Labute approximate surface area is 114 Å². The summed E-state index contributed by atoms with van der Waals surface area (Å²) in [5.74, 6) is -0.444. The van der Waals surface area contributed by atoms with Gasteiger partial charge in [0.25, 0.3) is 5.91 Å².